The monoisotopic (exact) mass is 377 g/mol. The van der Waals surface area contributed by atoms with Crippen molar-refractivity contribution in [2.24, 2.45) is 0 Å². The Hall–Kier alpha value is -2.93. The first-order chi connectivity index (χ1) is 12.5. The maximum Gasteiger partial charge on any atom is 0.257 e. The number of nitrogens with zero attached hydrogens (tertiary/aromatic N) is 2. The standard InChI is InChI=1S/C18H14ClF2N3O2/c19-15-11-17(21)16(20)10-14(15)18(25)23-12-3-1-4-13(9-12)26-8-7-24-6-2-5-22-24/h1-6,9-11H,7-8H2,(H,23,25). The smallest absolute Gasteiger partial charge is 0.257 e. The Bertz CT molecular complexity index is 917. The lowest BCUT2D eigenvalue weighted by molar-refractivity contribution is 0.102. The number of anilines is 1. The molecule has 1 amide bonds. The summed E-state index contributed by atoms with van der Waals surface area (Å²) in [7, 11) is 0. The van der Waals surface area contributed by atoms with E-state index in [1.807, 2.05) is 12.3 Å². The van der Waals surface area contributed by atoms with Crippen molar-refractivity contribution in [1.29, 1.82) is 0 Å². The highest BCUT2D eigenvalue weighted by atomic mass is 35.5. The second-order valence-corrected chi connectivity index (χ2v) is 5.75. The minimum Gasteiger partial charge on any atom is -0.492 e. The molecule has 0 fully saturated rings. The Morgan fingerprint density at radius 2 is 2.00 bits per heavy atom. The molecule has 0 saturated carbocycles. The summed E-state index contributed by atoms with van der Waals surface area (Å²) in [4.78, 5) is 12.2. The van der Waals surface area contributed by atoms with Crippen molar-refractivity contribution in [3.63, 3.8) is 0 Å². The van der Waals surface area contributed by atoms with Gasteiger partial charge in [0.2, 0.25) is 0 Å². The summed E-state index contributed by atoms with van der Waals surface area (Å²) in [6, 6.07) is 10.0. The van der Waals surface area contributed by atoms with E-state index in [1.165, 1.54) is 0 Å². The number of hydrogen-bond donors (Lipinski definition) is 1. The van der Waals surface area contributed by atoms with Crippen molar-refractivity contribution in [2.75, 3.05) is 11.9 Å². The van der Waals surface area contributed by atoms with Gasteiger partial charge >= 0.3 is 0 Å². The number of aromatic nitrogens is 2. The fourth-order valence-corrected chi connectivity index (χ4v) is 2.48. The highest BCUT2D eigenvalue weighted by Crippen LogP contribution is 2.23. The average Bonchev–Trinajstić information content (AvgIpc) is 3.12. The van der Waals surface area contributed by atoms with E-state index in [4.69, 9.17) is 16.3 Å². The molecule has 0 spiro atoms. The van der Waals surface area contributed by atoms with Gasteiger partial charge in [0.05, 0.1) is 17.1 Å². The Kier molecular flexibility index (Phi) is 5.48. The number of amides is 1. The van der Waals surface area contributed by atoms with Gasteiger partial charge in [-0.15, -0.1) is 0 Å². The summed E-state index contributed by atoms with van der Waals surface area (Å²) >= 11 is 5.81. The van der Waals surface area contributed by atoms with E-state index < -0.39 is 17.5 Å². The molecule has 0 aliphatic rings. The van der Waals surface area contributed by atoms with Crippen LogP contribution in [0.25, 0.3) is 0 Å². The quantitative estimate of drug-likeness (QED) is 0.657. The molecule has 26 heavy (non-hydrogen) atoms. The molecule has 134 valence electrons. The van der Waals surface area contributed by atoms with Crippen LogP contribution in [0.3, 0.4) is 0 Å². The number of hydrogen-bond acceptors (Lipinski definition) is 3. The van der Waals surface area contributed by atoms with Gasteiger partial charge in [-0.25, -0.2) is 8.78 Å². The van der Waals surface area contributed by atoms with Crippen LogP contribution in [0.15, 0.2) is 54.9 Å². The maximum atomic E-state index is 13.3. The Morgan fingerprint density at radius 3 is 2.77 bits per heavy atom. The molecule has 1 heterocycles. The van der Waals surface area contributed by atoms with Gasteiger partial charge in [-0.3, -0.25) is 9.48 Å². The van der Waals surface area contributed by atoms with Crippen LogP contribution in [0, 0.1) is 11.6 Å². The normalized spacial score (nSPS) is 10.6. The Balaban J connectivity index is 1.64. The third-order valence-electron chi connectivity index (χ3n) is 3.49. The SMILES string of the molecule is O=C(Nc1cccc(OCCn2cccn2)c1)c1cc(F)c(F)cc1Cl. The van der Waals surface area contributed by atoms with Crippen LogP contribution in [0.5, 0.6) is 5.75 Å². The topological polar surface area (TPSA) is 56.1 Å². The second-order valence-electron chi connectivity index (χ2n) is 5.35. The van der Waals surface area contributed by atoms with E-state index >= 15 is 0 Å². The van der Waals surface area contributed by atoms with Gasteiger partial charge in [-0.2, -0.15) is 5.10 Å². The lowest BCUT2D eigenvalue weighted by atomic mass is 10.2. The van der Waals surface area contributed by atoms with Crippen molar-refractivity contribution < 1.29 is 18.3 Å². The summed E-state index contributed by atoms with van der Waals surface area (Å²) < 4.78 is 33.8. The fraction of sp³-hybridized carbons (Fsp3) is 0.111. The van der Waals surface area contributed by atoms with Crippen LogP contribution in [-0.2, 0) is 6.54 Å². The first-order valence-corrected chi connectivity index (χ1v) is 8.07. The molecular weight excluding hydrogens is 364 g/mol. The zero-order chi connectivity index (χ0) is 18.5. The van der Waals surface area contributed by atoms with E-state index in [1.54, 1.807) is 35.1 Å². The van der Waals surface area contributed by atoms with E-state index in [0.717, 1.165) is 12.1 Å². The van der Waals surface area contributed by atoms with Gasteiger partial charge in [-0.1, -0.05) is 17.7 Å². The number of carbonyl (C=O) groups excluding carboxylic acids is 1. The van der Waals surface area contributed by atoms with Gasteiger partial charge in [0.15, 0.2) is 11.6 Å². The molecule has 0 radical (unpaired) electrons. The summed E-state index contributed by atoms with van der Waals surface area (Å²) in [6.07, 6.45) is 3.51. The molecule has 3 rings (SSSR count). The van der Waals surface area contributed by atoms with Crippen LogP contribution in [-0.4, -0.2) is 22.3 Å². The Morgan fingerprint density at radius 1 is 1.19 bits per heavy atom. The molecule has 0 bridgehead atoms. The van der Waals surface area contributed by atoms with E-state index in [0.29, 0.717) is 24.6 Å². The first-order valence-electron chi connectivity index (χ1n) is 7.69. The fourth-order valence-electron chi connectivity index (χ4n) is 2.25. The largest absolute Gasteiger partial charge is 0.492 e. The molecule has 0 aliphatic carbocycles. The molecule has 5 nitrogen and oxygen atoms in total. The number of halogens is 3. The number of rotatable bonds is 6. The van der Waals surface area contributed by atoms with Gasteiger partial charge in [0, 0.05) is 24.1 Å². The highest BCUT2D eigenvalue weighted by molar-refractivity contribution is 6.34. The predicted octanol–water partition coefficient (Wildman–Crippen LogP) is 4.15. The Labute approximate surface area is 153 Å². The van der Waals surface area contributed by atoms with Gasteiger partial charge in [-0.05, 0) is 30.3 Å². The number of ether oxygens (including phenoxy) is 1. The zero-order valence-corrected chi connectivity index (χ0v) is 14.2. The molecule has 3 aromatic rings. The summed E-state index contributed by atoms with van der Waals surface area (Å²) in [6.45, 7) is 0.974. The van der Waals surface area contributed by atoms with Crippen molar-refractivity contribution in [3.05, 3.63) is 77.1 Å². The molecule has 2 aromatic carbocycles. The van der Waals surface area contributed by atoms with Crippen LogP contribution < -0.4 is 10.1 Å². The lowest BCUT2D eigenvalue weighted by Crippen LogP contribution is -2.13. The molecule has 0 unspecified atom stereocenters. The summed E-state index contributed by atoms with van der Waals surface area (Å²) in [5, 5.41) is 6.48. The van der Waals surface area contributed by atoms with Crippen LogP contribution in [0.4, 0.5) is 14.5 Å². The van der Waals surface area contributed by atoms with Crippen molar-refractivity contribution >= 4 is 23.2 Å². The molecule has 0 atom stereocenters. The zero-order valence-electron chi connectivity index (χ0n) is 13.5. The minimum atomic E-state index is -1.14. The molecule has 1 aromatic heterocycles. The first kappa shape index (κ1) is 17.9. The number of carbonyl (C=O) groups is 1. The van der Waals surface area contributed by atoms with Gasteiger partial charge in [0.1, 0.15) is 12.4 Å². The number of benzene rings is 2. The van der Waals surface area contributed by atoms with Crippen molar-refractivity contribution in [3.8, 4) is 5.75 Å². The molecule has 1 N–H and O–H groups in total. The summed E-state index contributed by atoms with van der Waals surface area (Å²) in [5.41, 5.74) is 0.281. The van der Waals surface area contributed by atoms with E-state index in [9.17, 15) is 13.6 Å². The molecule has 8 heteroatoms. The third-order valence-corrected chi connectivity index (χ3v) is 3.81. The minimum absolute atomic E-state index is 0.157. The molecule has 0 saturated heterocycles. The second kappa shape index (κ2) is 7.97. The maximum absolute atomic E-state index is 13.3. The van der Waals surface area contributed by atoms with E-state index in [-0.39, 0.29) is 10.6 Å². The lowest BCUT2D eigenvalue weighted by Gasteiger charge is -2.10. The molecule has 0 aliphatic heterocycles. The van der Waals surface area contributed by atoms with Gasteiger partial charge < -0.3 is 10.1 Å². The number of nitrogens with one attached hydrogen (secondary N) is 1. The summed E-state index contributed by atoms with van der Waals surface area (Å²) in [5.74, 6) is -2.36. The predicted molar refractivity (Wildman–Crippen MR) is 93.5 cm³/mol. The van der Waals surface area contributed by atoms with Crippen molar-refractivity contribution in [1.82, 2.24) is 9.78 Å². The van der Waals surface area contributed by atoms with Crippen LogP contribution in [0.2, 0.25) is 5.02 Å². The van der Waals surface area contributed by atoms with Crippen molar-refractivity contribution in [2.45, 2.75) is 6.54 Å². The average molecular weight is 378 g/mol. The van der Waals surface area contributed by atoms with Gasteiger partial charge in [0.25, 0.3) is 5.91 Å². The van der Waals surface area contributed by atoms with Crippen LogP contribution >= 0.6 is 11.6 Å². The highest BCUT2D eigenvalue weighted by Gasteiger charge is 2.15. The molecular formula is C18H14ClF2N3O2. The van der Waals surface area contributed by atoms with Crippen LogP contribution in [0.1, 0.15) is 10.4 Å². The third kappa shape index (κ3) is 4.37. The van der Waals surface area contributed by atoms with E-state index in [2.05, 4.69) is 10.4 Å².